The van der Waals surface area contributed by atoms with Crippen molar-refractivity contribution >= 4 is 58.2 Å². The van der Waals surface area contributed by atoms with E-state index in [1.54, 1.807) is 0 Å². The largest absolute Gasteiger partial charge is 0.271 e. The van der Waals surface area contributed by atoms with E-state index in [4.69, 9.17) is 46.4 Å². The summed E-state index contributed by atoms with van der Waals surface area (Å²) in [5, 5.41) is 0.0534. The van der Waals surface area contributed by atoms with Gasteiger partial charge in [0.2, 0.25) is 0 Å². The van der Waals surface area contributed by atoms with Crippen molar-refractivity contribution in [2.75, 3.05) is 0 Å². The molecule has 27 heavy (non-hydrogen) atoms. The van der Waals surface area contributed by atoms with E-state index in [9.17, 15) is 9.59 Å². The molecule has 1 aliphatic heterocycles. The molecule has 1 aromatic carbocycles. The lowest BCUT2D eigenvalue weighted by atomic mass is 9.97. The first-order chi connectivity index (χ1) is 12.9. The Hall–Kier alpha value is -0.480. The zero-order valence-corrected chi connectivity index (χ0v) is 18.2. The van der Waals surface area contributed by atoms with E-state index in [0.29, 0.717) is 0 Å². The van der Waals surface area contributed by atoms with E-state index in [1.807, 2.05) is 0 Å². The van der Waals surface area contributed by atoms with Crippen molar-refractivity contribution in [3.8, 4) is 0 Å². The Bertz CT molecular complexity index is 691. The SMILES string of the molecule is O=C1c2c(Cl)c(Cl)c(Cl)c(Cl)c2C(=O)N1C1CCCCCCCCCCC1. The Morgan fingerprint density at radius 2 is 0.889 bits per heavy atom. The van der Waals surface area contributed by atoms with E-state index < -0.39 is 11.8 Å². The van der Waals surface area contributed by atoms with Crippen LogP contribution in [0.2, 0.25) is 20.1 Å². The third kappa shape index (κ3) is 4.27. The van der Waals surface area contributed by atoms with Crippen LogP contribution in [0.1, 0.15) is 91.3 Å². The van der Waals surface area contributed by atoms with E-state index in [-0.39, 0.29) is 37.3 Å². The predicted molar refractivity (Wildman–Crippen MR) is 112 cm³/mol. The van der Waals surface area contributed by atoms with Gasteiger partial charge in [0.1, 0.15) is 0 Å². The fraction of sp³-hybridized carbons (Fsp3) is 0.600. The Morgan fingerprint density at radius 1 is 0.556 bits per heavy atom. The number of hydrogen-bond acceptors (Lipinski definition) is 2. The minimum Gasteiger partial charge on any atom is -0.271 e. The standard InChI is InChI=1S/C20H23Cl4NO2/c21-15-13-14(16(22)18(24)17(15)23)20(27)25(19(13)26)12-10-8-6-4-2-1-3-5-7-9-11-12/h12H,1-11H2. The number of hydrogen-bond donors (Lipinski definition) is 0. The Kier molecular flexibility index (Phi) is 7.35. The van der Waals surface area contributed by atoms with Crippen molar-refractivity contribution < 1.29 is 9.59 Å². The lowest BCUT2D eigenvalue weighted by Gasteiger charge is -2.27. The highest BCUT2D eigenvalue weighted by Gasteiger charge is 2.44. The first-order valence-corrected chi connectivity index (χ1v) is 11.2. The molecule has 1 aliphatic carbocycles. The van der Waals surface area contributed by atoms with Gasteiger partial charge in [0.25, 0.3) is 11.8 Å². The summed E-state index contributed by atoms with van der Waals surface area (Å²) in [6.45, 7) is 0. The number of carbonyl (C=O) groups excluding carboxylic acids is 2. The molecule has 3 rings (SSSR count). The summed E-state index contributed by atoms with van der Waals surface area (Å²) in [4.78, 5) is 27.5. The number of imide groups is 1. The monoisotopic (exact) mass is 449 g/mol. The summed E-state index contributed by atoms with van der Waals surface area (Å²) in [5.74, 6) is -0.810. The van der Waals surface area contributed by atoms with Crippen LogP contribution in [-0.2, 0) is 0 Å². The van der Waals surface area contributed by atoms with Gasteiger partial charge in [-0.15, -0.1) is 0 Å². The molecule has 1 heterocycles. The van der Waals surface area contributed by atoms with E-state index in [2.05, 4.69) is 0 Å². The Labute approximate surface area is 180 Å². The zero-order chi connectivity index (χ0) is 19.6. The van der Waals surface area contributed by atoms with Crippen molar-refractivity contribution in [2.24, 2.45) is 0 Å². The van der Waals surface area contributed by atoms with Crippen LogP contribution in [0.5, 0.6) is 0 Å². The van der Waals surface area contributed by atoms with Crippen molar-refractivity contribution in [3.05, 3.63) is 31.2 Å². The van der Waals surface area contributed by atoms with Gasteiger partial charge >= 0.3 is 0 Å². The Balaban J connectivity index is 1.88. The Morgan fingerprint density at radius 3 is 1.26 bits per heavy atom. The van der Waals surface area contributed by atoms with Gasteiger partial charge in [-0.05, 0) is 12.8 Å². The highest BCUT2D eigenvalue weighted by molar-refractivity contribution is 6.55. The minimum atomic E-state index is -0.405. The van der Waals surface area contributed by atoms with Crippen LogP contribution in [0.4, 0.5) is 0 Å². The molecule has 1 aromatic rings. The molecule has 2 aliphatic rings. The summed E-state index contributed by atoms with van der Waals surface area (Å²) < 4.78 is 0. The van der Waals surface area contributed by atoms with E-state index in [1.165, 1.54) is 37.0 Å². The van der Waals surface area contributed by atoms with Crippen molar-refractivity contribution in [1.29, 1.82) is 0 Å². The fourth-order valence-corrected chi connectivity index (χ4v) is 5.11. The molecular weight excluding hydrogens is 428 g/mol. The first-order valence-electron chi connectivity index (χ1n) is 9.69. The molecule has 0 radical (unpaired) electrons. The molecule has 0 atom stereocenters. The molecule has 3 nitrogen and oxygen atoms in total. The van der Waals surface area contributed by atoms with Gasteiger partial charge in [0.15, 0.2) is 0 Å². The normalized spacial score (nSPS) is 20.4. The highest BCUT2D eigenvalue weighted by atomic mass is 35.5. The van der Waals surface area contributed by atoms with Crippen molar-refractivity contribution in [3.63, 3.8) is 0 Å². The molecule has 148 valence electrons. The highest BCUT2D eigenvalue weighted by Crippen LogP contribution is 2.45. The van der Waals surface area contributed by atoms with Crippen molar-refractivity contribution in [2.45, 2.75) is 76.7 Å². The smallest absolute Gasteiger partial charge is 0.263 e. The van der Waals surface area contributed by atoms with Crippen LogP contribution >= 0.6 is 46.4 Å². The summed E-state index contributed by atoms with van der Waals surface area (Å²) in [5.41, 5.74) is 0.180. The van der Waals surface area contributed by atoms with Gasteiger partial charge < -0.3 is 0 Å². The van der Waals surface area contributed by atoms with Crippen LogP contribution in [-0.4, -0.2) is 22.8 Å². The number of halogens is 4. The van der Waals surface area contributed by atoms with E-state index >= 15 is 0 Å². The van der Waals surface area contributed by atoms with Gasteiger partial charge in [0.05, 0.1) is 31.2 Å². The zero-order valence-electron chi connectivity index (χ0n) is 15.1. The quantitative estimate of drug-likeness (QED) is 0.251. The molecular formula is C20H23Cl4NO2. The van der Waals surface area contributed by atoms with Crippen LogP contribution < -0.4 is 0 Å². The second-order valence-corrected chi connectivity index (χ2v) is 8.91. The van der Waals surface area contributed by atoms with Gasteiger partial charge in [-0.25, -0.2) is 0 Å². The lowest BCUT2D eigenvalue weighted by molar-refractivity contribution is 0.0563. The van der Waals surface area contributed by atoms with Crippen LogP contribution in [0, 0.1) is 0 Å². The van der Waals surface area contributed by atoms with Crippen molar-refractivity contribution in [1.82, 2.24) is 4.90 Å². The number of amides is 2. The number of nitrogens with zero attached hydrogens (tertiary/aromatic N) is 1. The first kappa shape index (κ1) is 21.2. The average Bonchev–Trinajstić information content (AvgIpc) is 2.90. The summed E-state index contributed by atoms with van der Waals surface area (Å²) >= 11 is 24.7. The molecule has 0 aromatic heterocycles. The predicted octanol–water partition coefficient (Wildman–Crippen LogP) is 7.57. The molecule has 7 heteroatoms. The molecule has 0 bridgehead atoms. The molecule has 0 saturated heterocycles. The topological polar surface area (TPSA) is 37.4 Å². The van der Waals surface area contributed by atoms with Gasteiger partial charge in [0, 0.05) is 6.04 Å². The second kappa shape index (κ2) is 9.35. The van der Waals surface area contributed by atoms with E-state index in [0.717, 1.165) is 38.5 Å². The summed E-state index contributed by atoms with van der Waals surface area (Å²) in [7, 11) is 0. The maximum atomic E-state index is 13.1. The summed E-state index contributed by atoms with van der Waals surface area (Å²) in [6, 6.07) is -0.137. The van der Waals surface area contributed by atoms with Gasteiger partial charge in [-0.2, -0.15) is 0 Å². The average molecular weight is 451 g/mol. The van der Waals surface area contributed by atoms with Crippen LogP contribution in [0.25, 0.3) is 0 Å². The number of fused-ring (bicyclic) bond motifs is 1. The molecule has 0 N–H and O–H groups in total. The fourth-order valence-electron chi connectivity index (χ4n) is 4.10. The number of rotatable bonds is 1. The maximum Gasteiger partial charge on any atom is 0.263 e. The number of carbonyl (C=O) groups is 2. The molecule has 1 fully saturated rings. The second-order valence-electron chi connectivity index (χ2n) is 7.40. The lowest BCUT2D eigenvalue weighted by Crippen LogP contribution is -2.40. The van der Waals surface area contributed by atoms with Crippen LogP contribution in [0.15, 0.2) is 0 Å². The van der Waals surface area contributed by atoms with Gasteiger partial charge in [-0.1, -0.05) is 104 Å². The minimum absolute atomic E-state index is 0.00932. The summed E-state index contributed by atoms with van der Waals surface area (Å²) in [6.07, 6.45) is 12.1. The van der Waals surface area contributed by atoms with Crippen LogP contribution in [0.3, 0.4) is 0 Å². The van der Waals surface area contributed by atoms with Gasteiger partial charge in [-0.3, -0.25) is 14.5 Å². The molecule has 1 saturated carbocycles. The third-order valence-electron chi connectivity index (χ3n) is 5.57. The number of benzene rings is 1. The molecule has 0 spiro atoms. The maximum absolute atomic E-state index is 13.1. The molecule has 2 amide bonds. The molecule has 0 unspecified atom stereocenters. The third-order valence-corrected chi connectivity index (χ3v) is 7.37.